The van der Waals surface area contributed by atoms with Gasteiger partial charge < -0.3 is 10.1 Å². The highest BCUT2D eigenvalue weighted by Crippen LogP contribution is 2.41. The summed E-state index contributed by atoms with van der Waals surface area (Å²) in [5.41, 5.74) is 1.01. The van der Waals surface area contributed by atoms with E-state index >= 15 is 0 Å². The van der Waals surface area contributed by atoms with Crippen molar-refractivity contribution in [1.82, 2.24) is 20.3 Å². The van der Waals surface area contributed by atoms with Gasteiger partial charge in [-0.2, -0.15) is 0 Å². The molecule has 6 nitrogen and oxygen atoms in total. The summed E-state index contributed by atoms with van der Waals surface area (Å²) in [5, 5.41) is 10.9. The van der Waals surface area contributed by atoms with Gasteiger partial charge >= 0.3 is 0 Å². The average molecular weight is 330 g/mol. The number of carbonyl (C=O) groups excluding carboxylic acids is 1. The van der Waals surface area contributed by atoms with Crippen LogP contribution >= 0.6 is 0 Å². The van der Waals surface area contributed by atoms with Gasteiger partial charge in [0.2, 0.25) is 0 Å². The minimum atomic E-state index is -0.264. The van der Waals surface area contributed by atoms with E-state index in [1.54, 1.807) is 23.0 Å². The Morgan fingerprint density at radius 3 is 2.96 bits per heavy atom. The van der Waals surface area contributed by atoms with Gasteiger partial charge in [-0.3, -0.25) is 9.48 Å². The Hall–Kier alpha value is -2.28. The second-order valence-electron chi connectivity index (χ2n) is 7.05. The Kier molecular flexibility index (Phi) is 3.60. The molecule has 1 amide bonds. The van der Waals surface area contributed by atoms with Crippen LogP contribution in [0.4, 0.5) is 4.39 Å². The van der Waals surface area contributed by atoms with Crippen molar-refractivity contribution >= 4 is 5.91 Å². The van der Waals surface area contributed by atoms with Crippen LogP contribution in [0.1, 0.15) is 35.3 Å². The lowest BCUT2D eigenvalue weighted by Crippen LogP contribution is -2.43. The summed E-state index contributed by atoms with van der Waals surface area (Å²) < 4.78 is 20.7. The first kappa shape index (κ1) is 15.3. The number of rotatable bonds is 5. The van der Waals surface area contributed by atoms with E-state index in [1.165, 1.54) is 6.07 Å². The standard InChI is InChI=1S/C17H19FN4O2/c1-17(9-24-10-17)8-22-7-15(20-21-22)16(23)19-14-6-12(14)11-4-2-3-5-13(11)18/h2-5,7,12,14H,6,8-10H2,1H3,(H,19,23)/t12-,14+/m0/s1. The molecular formula is C17H19FN4O2. The molecule has 126 valence electrons. The van der Waals surface area contributed by atoms with Crippen LogP contribution < -0.4 is 5.32 Å². The molecule has 1 aromatic heterocycles. The number of hydrogen-bond donors (Lipinski definition) is 1. The van der Waals surface area contributed by atoms with Crippen molar-refractivity contribution < 1.29 is 13.9 Å². The van der Waals surface area contributed by atoms with Gasteiger partial charge in [0.25, 0.3) is 5.91 Å². The third-order valence-electron chi connectivity index (χ3n) is 4.63. The number of amides is 1. The Bertz CT molecular complexity index is 771. The third kappa shape index (κ3) is 2.91. The molecule has 1 N–H and O–H groups in total. The predicted molar refractivity (Wildman–Crippen MR) is 84.0 cm³/mol. The summed E-state index contributed by atoms with van der Waals surface area (Å²) in [4.78, 5) is 12.3. The average Bonchev–Trinajstić information content (AvgIpc) is 3.12. The highest BCUT2D eigenvalue weighted by atomic mass is 19.1. The number of nitrogens with one attached hydrogen (secondary N) is 1. The molecule has 0 bridgehead atoms. The van der Waals surface area contributed by atoms with Crippen molar-refractivity contribution in [3.63, 3.8) is 0 Å². The lowest BCUT2D eigenvalue weighted by Gasteiger charge is -2.37. The van der Waals surface area contributed by atoms with E-state index in [0.717, 1.165) is 6.42 Å². The van der Waals surface area contributed by atoms with Gasteiger partial charge in [-0.1, -0.05) is 30.3 Å². The van der Waals surface area contributed by atoms with Crippen molar-refractivity contribution in [1.29, 1.82) is 0 Å². The molecule has 1 aliphatic carbocycles. The second kappa shape index (κ2) is 5.66. The maximum atomic E-state index is 13.8. The minimum absolute atomic E-state index is 0.0382. The fourth-order valence-corrected chi connectivity index (χ4v) is 3.13. The first-order valence-corrected chi connectivity index (χ1v) is 8.07. The number of hydrogen-bond acceptors (Lipinski definition) is 4. The number of benzene rings is 1. The predicted octanol–water partition coefficient (Wildman–Crippen LogP) is 1.74. The molecule has 2 aliphatic rings. The zero-order valence-electron chi connectivity index (χ0n) is 13.4. The normalized spacial score (nSPS) is 24.2. The SMILES string of the molecule is CC1(Cn2cc(C(=O)N[C@@H]3C[C@H]3c3ccccc3F)nn2)COC1. The maximum absolute atomic E-state index is 13.8. The van der Waals surface area contributed by atoms with Crippen LogP contribution in [0.2, 0.25) is 0 Å². The van der Waals surface area contributed by atoms with E-state index in [9.17, 15) is 9.18 Å². The molecule has 2 aromatic rings. The number of carbonyl (C=O) groups is 1. The summed E-state index contributed by atoms with van der Waals surface area (Å²) in [6.45, 7) is 4.18. The van der Waals surface area contributed by atoms with Crippen molar-refractivity contribution in [2.45, 2.75) is 31.8 Å². The zero-order chi connectivity index (χ0) is 16.7. The zero-order valence-corrected chi connectivity index (χ0v) is 13.4. The van der Waals surface area contributed by atoms with Crippen LogP contribution in [0.3, 0.4) is 0 Å². The van der Waals surface area contributed by atoms with E-state index in [0.29, 0.717) is 25.3 Å². The van der Waals surface area contributed by atoms with Gasteiger partial charge in [0.05, 0.1) is 26.0 Å². The lowest BCUT2D eigenvalue weighted by atomic mass is 9.89. The maximum Gasteiger partial charge on any atom is 0.273 e. The van der Waals surface area contributed by atoms with E-state index in [2.05, 4.69) is 22.6 Å². The number of halogens is 1. The Morgan fingerprint density at radius 1 is 1.46 bits per heavy atom. The van der Waals surface area contributed by atoms with Crippen LogP contribution in [0.25, 0.3) is 0 Å². The monoisotopic (exact) mass is 330 g/mol. The van der Waals surface area contributed by atoms with Gasteiger partial charge in [0.1, 0.15) is 5.82 Å². The van der Waals surface area contributed by atoms with Crippen LogP contribution in [0, 0.1) is 11.2 Å². The molecule has 4 rings (SSSR count). The Morgan fingerprint density at radius 2 is 2.25 bits per heavy atom. The highest BCUT2D eigenvalue weighted by Gasteiger charge is 2.41. The second-order valence-corrected chi connectivity index (χ2v) is 7.05. The van der Waals surface area contributed by atoms with Gasteiger partial charge in [-0.05, 0) is 18.1 Å². The number of ether oxygens (including phenoxy) is 1. The Balaban J connectivity index is 1.36. The van der Waals surface area contributed by atoms with Crippen molar-refractivity contribution in [3.05, 3.63) is 47.5 Å². The van der Waals surface area contributed by atoms with E-state index in [-0.39, 0.29) is 34.8 Å². The number of nitrogens with zero attached hydrogens (tertiary/aromatic N) is 3. The van der Waals surface area contributed by atoms with E-state index in [1.807, 2.05) is 6.07 Å². The Labute approximate surface area is 139 Å². The molecule has 0 spiro atoms. The fourth-order valence-electron chi connectivity index (χ4n) is 3.13. The molecule has 1 aromatic carbocycles. The number of aromatic nitrogens is 3. The molecule has 0 radical (unpaired) electrons. The van der Waals surface area contributed by atoms with Crippen molar-refractivity contribution in [2.24, 2.45) is 5.41 Å². The molecule has 1 aliphatic heterocycles. The van der Waals surface area contributed by atoms with E-state index in [4.69, 9.17) is 4.74 Å². The molecule has 0 unspecified atom stereocenters. The first-order chi connectivity index (χ1) is 11.5. The molecule has 2 fully saturated rings. The minimum Gasteiger partial charge on any atom is -0.380 e. The molecule has 1 saturated carbocycles. The summed E-state index contributed by atoms with van der Waals surface area (Å²) in [6, 6.07) is 6.65. The third-order valence-corrected chi connectivity index (χ3v) is 4.63. The summed E-state index contributed by atoms with van der Waals surface area (Å²) >= 11 is 0. The van der Waals surface area contributed by atoms with Crippen molar-refractivity contribution in [2.75, 3.05) is 13.2 Å². The molecular weight excluding hydrogens is 311 g/mol. The van der Waals surface area contributed by atoms with Crippen LogP contribution in [0.15, 0.2) is 30.5 Å². The molecule has 7 heteroatoms. The molecule has 1 saturated heterocycles. The van der Waals surface area contributed by atoms with Gasteiger partial charge in [-0.25, -0.2) is 4.39 Å². The van der Waals surface area contributed by atoms with Gasteiger partial charge in [0, 0.05) is 17.4 Å². The van der Waals surface area contributed by atoms with Crippen LogP contribution in [-0.2, 0) is 11.3 Å². The fraction of sp³-hybridized carbons (Fsp3) is 0.471. The molecule has 24 heavy (non-hydrogen) atoms. The molecule has 2 atom stereocenters. The van der Waals surface area contributed by atoms with Crippen molar-refractivity contribution in [3.8, 4) is 0 Å². The lowest BCUT2D eigenvalue weighted by molar-refractivity contribution is -0.111. The van der Waals surface area contributed by atoms with Crippen LogP contribution in [-0.4, -0.2) is 40.2 Å². The summed E-state index contributed by atoms with van der Waals surface area (Å²) in [6.07, 6.45) is 2.40. The smallest absolute Gasteiger partial charge is 0.273 e. The topological polar surface area (TPSA) is 69.0 Å². The quantitative estimate of drug-likeness (QED) is 0.907. The van der Waals surface area contributed by atoms with Crippen LogP contribution in [0.5, 0.6) is 0 Å². The van der Waals surface area contributed by atoms with Gasteiger partial charge in [-0.15, -0.1) is 5.10 Å². The summed E-state index contributed by atoms with van der Waals surface area (Å²) in [7, 11) is 0. The largest absolute Gasteiger partial charge is 0.380 e. The first-order valence-electron chi connectivity index (χ1n) is 8.07. The highest BCUT2D eigenvalue weighted by molar-refractivity contribution is 5.92. The summed E-state index contributed by atoms with van der Waals surface area (Å²) in [5.74, 6) is -0.447. The van der Waals surface area contributed by atoms with Gasteiger partial charge in [0.15, 0.2) is 5.69 Å². The molecule has 2 heterocycles. The van der Waals surface area contributed by atoms with E-state index < -0.39 is 0 Å².